The largest absolute Gasteiger partial charge is 0.318 e. The molecule has 2 aromatic heterocycles. The summed E-state index contributed by atoms with van der Waals surface area (Å²) < 4.78 is 0.841. The SMILES string of the molecule is CCCC(C)(N)C(=O)Nc1nnc(SCc2cccs2)s1.Cl. The summed E-state index contributed by atoms with van der Waals surface area (Å²) in [7, 11) is 0. The minimum Gasteiger partial charge on any atom is -0.318 e. The van der Waals surface area contributed by atoms with Gasteiger partial charge in [-0.25, -0.2) is 0 Å². The lowest BCUT2D eigenvalue weighted by Crippen LogP contribution is -2.48. The highest BCUT2D eigenvalue weighted by Gasteiger charge is 2.28. The first kappa shape index (κ1) is 19.4. The summed E-state index contributed by atoms with van der Waals surface area (Å²) in [4.78, 5) is 13.4. The molecule has 0 bridgehead atoms. The third kappa shape index (κ3) is 5.51. The molecule has 5 nitrogen and oxygen atoms in total. The Balaban J connectivity index is 0.00000242. The van der Waals surface area contributed by atoms with Crippen LogP contribution in [0, 0.1) is 0 Å². The van der Waals surface area contributed by atoms with Crippen molar-refractivity contribution in [3.63, 3.8) is 0 Å². The normalized spacial score (nSPS) is 13.2. The van der Waals surface area contributed by atoms with Gasteiger partial charge in [-0.2, -0.15) is 0 Å². The molecule has 2 aromatic rings. The lowest BCUT2D eigenvalue weighted by Gasteiger charge is -2.21. The molecule has 2 heterocycles. The lowest BCUT2D eigenvalue weighted by atomic mass is 9.97. The first-order chi connectivity index (χ1) is 10.0. The van der Waals surface area contributed by atoms with Crippen molar-refractivity contribution in [2.45, 2.75) is 42.3 Å². The Hall–Kier alpha value is -0.670. The van der Waals surface area contributed by atoms with Gasteiger partial charge in [-0.1, -0.05) is 42.5 Å². The number of rotatable bonds is 7. The van der Waals surface area contributed by atoms with Crippen LogP contribution in [0.3, 0.4) is 0 Å². The minimum absolute atomic E-state index is 0. The fourth-order valence-corrected chi connectivity index (χ4v) is 4.24. The van der Waals surface area contributed by atoms with E-state index in [1.165, 1.54) is 16.2 Å². The van der Waals surface area contributed by atoms with Gasteiger partial charge in [0.15, 0.2) is 4.34 Å². The Morgan fingerprint density at radius 3 is 2.91 bits per heavy atom. The van der Waals surface area contributed by atoms with Crippen molar-refractivity contribution in [3.8, 4) is 0 Å². The number of hydrogen-bond acceptors (Lipinski definition) is 7. The molecule has 0 fully saturated rings. The van der Waals surface area contributed by atoms with Gasteiger partial charge in [-0.15, -0.1) is 33.9 Å². The predicted molar refractivity (Wildman–Crippen MR) is 97.2 cm³/mol. The zero-order valence-electron chi connectivity index (χ0n) is 12.4. The smallest absolute Gasteiger partial charge is 0.245 e. The van der Waals surface area contributed by atoms with Crippen LogP contribution in [0.15, 0.2) is 21.9 Å². The van der Waals surface area contributed by atoms with Crippen molar-refractivity contribution in [2.24, 2.45) is 5.73 Å². The number of hydrogen-bond donors (Lipinski definition) is 2. The molecule has 0 spiro atoms. The van der Waals surface area contributed by atoms with Gasteiger partial charge in [-0.3, -0.25) is 10.1 Å². The van der Waals surface area contributed by atoms with E-state index in [9.17, 15) is 4.79 Å². The summed E-state index contributed by atoms with van der Waals surface area (Å²) in [5.74, 6) is 0.653. The van der Waals surface area contributed by atoms with E-state index in [0.29, 0.717) is 11.6 Å². The van der Waals surface area contributed by atoms with Gasteiger partial charge in [0.2, 0.25) is 11.0 Å². The molecule has 0 aliphatic carbocycles. The molecule has 0 radical (unpaired) electrons. The summed E-state index contributed by atoms with van der Waals surface area (Å²) in [5, 5.41) is 13.4. The highest BCUT2D eigenvalue weighted by molar-refractivity contribution is 8.00. The number of thiophene rings is 1. The van der Waals surface area contributed by atoms with Gasteiger partial charge in [0, 0.05) is 10.6 Å². The van der Waals surface area contributed by atoms with Crippen LogP contribution in [-0.4, -0.2) is 21.6 Å². The molecule has 122 valence electrons. The fraction of sp³-hybridized carbons (Fsp3) is 0.462. The van der Waals surface area contributed by atoms with E-state index in [4.69, 9.17) is 5.73 Å². The number of thioether (sulfide) groups is 1. The minimum atomic E-state index is -0.870. The number of carbonyl (C=O) groups excluding carboxylic acids is 1. The molecule has 0 saturated carbocycles. The number of amides is 1. The second-order valence-electron chi connectivity index (χ2n) is 4.86. The fourth-order valence-electron chi connectivity index (χ4n) is 1.72. The molecule has 1 unspecified atom stereocenters. The predicted octanol–water partition coefficient (Wildman–Crippen LogP) is 3.77. The lowest BCUT2D eigenvalue weighted by molar-refractivity contribution is -0.120. The second kappa shape index (κ2) is 8.83. The van der Waals surface area contributed by atoms with Gasteiger partial charge in [0.1, 0.15) is 0 Å². The Morgan fingerprint density at radius 1 is 1.50 bits per heavy atom. The average Bonchev–Trinajstić information content (AvgIpc) is 3.07. The first-order valence-electron chi connectivity index (χ1n) is 6.60. The number of nitrogens with two attached hydrogens (primary N) is 1. The monoisotopic (exact) mass is 378 g/mol. The van der Waals surface area contributed by atoms with Crippen molar-refractivity contribution in [3.05, 3.63) is 22.4 Å². The van der Waals surface area contributed by atoms with Crippen molar-refractivity contribution in [1.82, 2.24) is 10.2 Å². The number of halogens is 1. The zero-order valence-corrected chi connectivity index (χ0v) is 15.6. The molecule has 0 aliphatic heterocycles. The highest BCUT2D eigenvalue weighted by Crippen LogP contribution is 2.29. The zero-order chi connectivity index (χ0) is 15.3. The van der Waals surface area contributed by atoms with E-state index in [2.05, 4.69) is 27.0 Å². The van der Waals surface area contributed by atoms with E-state index in [1.807, 2.05) is 13.0 Å². The van der Waals surface area contributed by atoms with E-state index in [0.717, 1.165) is 16.5 Å². The molecular weight excluding hydrogens is 360 g/mol. The van der Waals surface area contributed by atoms with E-state index < -0.39 is 5.54 Å². The molecule has 0 aromatic carbocycles. The molecule has 0 saturated heterocycles. The number of carbonyl (C=O) groups is 1. The summed E-state index contributed by atoms with van der Waals surface area (Å²) in [5.41, 5.74) is 5.12. The van der Waals surface area contributed by atoms with Gasteiger partial charge in [0.05, 0.1) is 5.54 Å². The van der Waals surface area contributed by atoms with Gasteiger partial charge in [-0.05, 0) is 24.8 Å². The molecule has 3 N–H and O–H groups in total. The Labute approximate surface area is 148 Å². The number of aromatic nitrogens is 2. The number of anilines is 1. The molecule has 9 heteroatoms. The van der Waals surface area contributed by atoms with E-state index in [1.54, 1.807) is 30.0 Å². The van der Waals surface area contributed by atoms with Gasteiger partial charge >= 0.3 is 0 Å². The molecular formula is C13H19ClN4OS3. The standard InChI is InChI=1S/C13H18N4OS3.ClH/c1-3-6-13(2,14)10(18)15-11-16-17-12(21-11)20-8-9-5-4-7-19-9;/h4-5,7H,3,6,8,14H2,1-2H3,(H,15,16,18);1H. The molecule has 0 aliphatic rings. The number of nitrogens with one attached hydrogen (secondary N) is 1. The van der Waals surface area contributed by atoms with Crippen molar-refractivity contribution < 1.29 is 4.79 Å². The summed E-state index contributed by atoms with van der Waals surface area (Å²) in [6.45, 7) is 3.74. The quantitative estimate of drug-likeness (QED) is 0.566. The molecule has 22 heavy (non-hydrogen) atoms. The van der Waals surface area contributed by atoms with Crippen LogP contribution in [0.5, 0.6) is 0 Å². The van der Waals surface area contributed by atoms with Crippen molar-refractivity contribution >= 4 is 57.9 Å². The third-order valence-electron chi connectivity index (χ3n) is 2.83. The summed E-state index contributed by atoms with van der Waals surface area (Å²) in [6, 6.07) is 4.12. The molecule has 2 rings (SSSR count). The Kier molecular flexibility index (Phi) is 7.78. The van der Waals surface area contributed by atoms with Crippen LogP contribution >= 0.6 is 46.8 Å². The van der Waals surface area contributed by atoms with Crippen molar-refractivity contribution in [2.75, 3.05) is 5.32 Å². The van der Waals surface area contributed by atoms with Crippen molar-refractivity contribution in [1.29, 1.82) is 0 Å². The Bertz CT molecular complexity index is 586. The third-order valence-corrected chi connectivity index (χ3v) is 5.91. The summed E-state index contributed by atoms with van der Waals surface area (Å²) in [6.07, 6.45) is 1.50. The maximum atomic E-state index is 12.1. The molecule has 1 atom stereocenters. The van der Waals surface area contributed by atoms with Gasteiger partial charge < -0.3 is 5.73 Å². The number of nitrogens with zero attached hydrogens (tertiary/aromatic N) is 2. The highest BCUT2D eigenvalue weighted by atomic mass is 35.5. The van der Waals surface area contributed by atoms with Crippen LogP contribution in [-0.2, 0) is 10.5 Å². The van der Waals surface area contributed by atoms with Crippen LogP contribution < -0.4 is 11.1 Å². The van der Waals surface area contributed by atoms with Crippen LogP contribution in [0.25, 0.3) is 0 Å². The maximum Gasteiger partial charge on any atom is 0.245 e. The van der Waals surface area contributed by atoms with Gasteiger partial charge in [0.25, 0.3) is 0 Å². The Morgan fingerprint density at radius 2 is 2.27 bits per heavy atom. The summed E-state index contributed by atoms with van der Waals surface area (Å²) >= 11 is 4.71. The van der Waals surface area contributed by atoms with Crippen LogP contribution in [0.4, 0.5) is 5.13 Å². The first-order valence-corrected chi connectivity index (χ1v) is 9.28. The molecule has 1 amide bonds. The average molecular weight is 379 g/mol. The van der Waals surface area contributed by atoms with Crippen LogP contribution in [0.1, 0.15) is 31.6 Å². The van der Waals surface area contributed by atoms with E-state index in [-0.39, 0.29) is 18.3 Å². The second-order valence-corrected chi connectivity index (χ2v) is 8.09. The van der Waals surface area contributed by atoms with E-state index >= 15 is 0 Å². The maximum absolute atomic E-state index is 12.1. The van der Waals surface area contributed by atoms with Crippen LogP contribution in [0.2, 0.25) is 0 Å². The topological polar surface area (TPSA) is 80.9 Å².